The van der Waals surface area contributed by atoms with Crippen molar-refractivity contribution in [1.29, 1.82) is 0 Å². The van der Waals surface area contributed by atoms with Gasteiger partial charge in [-0.2, -0.15) is 11.8 Å². The van der Waals surface area contributed by atoms with E-state index in [-0.39, 0.29) is 5.41 Å². The topological polar surface area (TPSA) is 70.6 Å². The van der Waals surface area contributed by atoms with E-state index in [0.29, 0.717) is 11.9 Å². The van der Waals surface area contributed by atoms with Crippen molar-refractivity contribution in [3.8, 4) is 0 Å². The van der Waals surface area contributed by atoms with E-state index in [1.807, 2.05) is 25.6 Å². The first kappa shape index (κ1) is 13.6. The van der Waals surface area contributed by atoms with E-state index in [4.69, 9.17) is 10.9 Å². The summed E-state index contributed by atoms with van der Waals surface area (Å²) in [6, 6.07) is 0.692. The Morgan fingerprint density at radius 2 is 2.38 bits per heavy atom. The van der Waals surface area contributed by atoms with Crippen molar-refractivity contribution in [1.82, 2.24) is 5.32 Å². The minimum atomic E-state index is -0.207. The Kier molecular flexibility index (Phi) is 5.41. The van der Waals surface area contributed by atoms with Crippen LogP contribution in [0.5, 0.6) is 0 Å². The van der Waals surface area contributed by atoms with Gasteiger partial charge in [0.15, 0.2) is 0 Å². The van der Waals surface area contributed by atoms with E-state index in [1.165, 1.54) is 17.9 Å². The predicted molar refractivity (Wildman–Crippen MR) is 70.2 cm³/mol. The summed E-state index contributed by atoms with van der Waals surface area (Å²) >= 11 is 2.02. The van der Waals surface area contributed by atoms with Crippen molar-refractivity contribution >= 4 is 17.6 Å². The Morgan fingerprint density at radius 1 is 1.62 bits per heavy atom. The summed E-state index contributed by atoms with van der Waals surface area (Å²) in [5.74, 6) is 2.85. The van der Waals surface area contributed by atoms with Gasteiger partial charge in [0.05, 0.1) is 0 Å². The molecule has 4 nitrogen and oxygen atoms in total. The third kappa shape index (κ3) is 4.22. The van der Waals surface area contributed by atoms with Crippen LogP contribution in [0.15, 0.2) is 5.16 Å². The van der Waals surface area contributed by atoms with Gasteiger partial charge in [0.25, 0.3) is 0 Å². The number of nitrogens with zero attached hydrogens (tertiary/aromatic N) is 1. The first-order chi connectivity index (χ1) is 7.56. The van der Waals surface area contributed by atoms with E-state index in [1.54, 1.807) is 0 Å². The Bertz CT molecular complexity index is 237. The quantitative estimate of drug-likeness (QED) is 0.219. The number of thioether (sulfide) groups is 1. The molecule has 1 unspecified atom stereocenters. The number of rotatable bonds is 6. The summed E-state index contributed by atoms with van der Waals surface area (Å²) in [4.78, 5) is 0. The van der Waals surface area contributed by atoms with Gasteiger partial charge in [0.1, 0.15) is 5.84 Å². The molecule has 4 N–H and O–H groups in total. The molecule has 0 aliphatic carbocycles. The lowest BCUT2D eigenvalue weighted by molar-refractivity contribution is 0.304. The molecule has 0 radical (unpaired) electrons. The minimum Gasteiger partial charge on any atom is -0.409 e. The Labute approximate surface area is 102 Å². The molecule has 94 valence electrons. The highest BCUT2D eigenvalue weighted by Gasteiger charge is 2.23. The fourth-order valence-corrected chi connectivity index (χ4v) is 2.98. The molecule has 1 fully saturated rings. The van der Waals surface area contributed by atoms with Gasteiger partial charge in [-0.05, 0) is 31.6 Å². The van der Waals surface area contributed by atoms with Gasteiger partial charge in [0, 0.05) is 17.2 Å². The van der Waals surface area contributed by atoms with Crippen LogP contribution in [-0.2, 0) is 0 Å². The molecule has 0 aromatic rings. The second-order valence-corrected chi connectivity index (χ2v) is 6.14. The van der Waals surface area contributed by atoms with Crippen LogP contribution in [0, 0.1) is 5.41 Å². The molecule has 1 aliphatic rings. The standard InChI is InChI=1S/C11H23N3OS/c1-11(2,10(12)14-15)5-3-6-13-9-4-7-16-8-9/h9,13,15H,3-8H2,1-2H3,(H2,12,14). The molecule has 0 aromatic heterocycles. The maximum Gasteiger partial charge on any atom is 0.144 e. The highest BCUT2D eigenvalue weighted by atomic mass is 32.2. The van der Waals surface area contributed by atoms with Crippen LogP contribution in [0.4, 0.5) is 0 Å². The van der Waals surface area contributed by atoms with Crippen LogP contribution >= 0.6 is 11.8 Å². The summed E-state index contributed by atoms with van der Waals surface area (Å²) in [6.07, 6.45) is 3.29. The second kappa shape index (κ2) is 6.35. The number of nitrogens with two attached hydrogens (primary N) is 1. The molecule has 0 saturated carbocycles. The first-order valence-electron chi connectivity index (χ1n) is 5.85. The number of nitrogens with one attached hydrogen (secondary N) is 1. The van der Waals surface area contributed by atoms with E-state index >= 15 is 0 Å². The SMILES string of the molecule is CC(C)(CCCNC1CCSC1)C(N)=NO. The van der Waals surface area contributed by atoms with Gasteiger partial charge in [-0.15, -0.1) is 0 Å². The largest absolute Gasteiger partial charge is 0.409 e. The van der Waals surface area contributed by atoms with Crippen molar-refractivity contribution in [2.45, 2.75) is 39.2 Å². The van der Waals surface area contributed by atoms with Crippen LogP contribution in [0.25, 0.3) is 0 Å². The average Bonchev–Trinajstić information content (AvgIpc) is 2.76. The van der Waals surface area contributed by atoms with Crippen molar-refractivity contribution < 1.29 is 5.21 Å². The third-order valence-electron chi connectivity index (χ3n) is 3.14. The zero-order valence-electron chi connectivity index (χ0n) is 10.2. The van der Waals surface area contributed by atoms with Crippen molar-refractivity contribution in [3.63, 3.8) is 0 Å². The zero-order chi connectivity index (χ0) is 12.0. The van der Waals surface area contributed by atoms with Gasteiger partial charge in [-0.1, -0.05) is 19.0 Å². The van der Waals surface area contributed by atoms with Gasteiger partial charge < -0.3 is 16.3 Å². The smallest absolute Gasteiger partial charge is 0.144 e. The second-order valence-electron chi connectivity index (χ2n) is 4.99. The fourth-order valence-electron chi connectivity index (χ4n) is 1.80. The Morgan fingerprint density at radius 3 is 2.94 bits per heavy atom. The minimum absolute atomic E-state index is 0.207. The summed E-state index contributed by atoms with van der Waals surface area (Å²) in [7, 11) is 0. The first-order valence-corrected chi connectivity index (χ1v) is 7.01. The Hall–Kier alpha value is -0.420. The lowest BCUT2D eigenvalue weighted by Gasteiger charge is -2.23. The molecule has 0 amide bonds. The van der Waals surface area contributed by atoms with Crippen LogP contribution in [0.2, 0.25) is 0 Å². The van der Waals surface area contributed by atoms with Gasteiger partial charge in [-0.3, -0.25) is 0 Å². The molecule has 1 saturated heterocycles. The van der Waals surface area contributed by atoms with Crippen LogP contribution in [0.3, 0.4) is 0 Å². The van der Waals surface area contributed by atoms with Crippen molar-refractivity contribution in [2.75, 3.05) is 18.1 Å². The van der Waals surface area contributed by atoms with Gasteiger partial charge >= 0.3 is 0 Å². The normalized spacial score (nSPS) is 22.6. The van der Waals surface area contributed by atoms with Crippen molar-refractivity contribution in [3.05, 3.63) is 0 Å². The average molecular weight is 245 g/mol. The van der Waals surface area contributed by atoms with E-state index < -0.39 is 0 Å². The monoisotopic (exact) mass is 245 g/mol. The molecular formula is C11H23N3OS. The van der Waals surface area contributed by atoms with E-state index in [2.05, 4.69) is 10.5 Å². The van der Waals surface area contributed by atoms with E-state index in [9.17, 15) is 0 Å². The number of hydrogen-bond donors (Lipinski definition) is 3. The molecule has 1 aliphatic heterocycles. The van der Waals surface area contributed by atoms with E-state index in [0.717, 1.165) is 19.4 Å². The zero-order valence-corrected chi connectivity index (χ0v) is 11.0. The number of amidine groups is 1. The summed E-state index contributed by atoms with van der Waals surface area (Å²) < 4.78 is 0. The predicted octanol–water partition coefficient (Wildman–Crippen LogP) is 1.63. The molecular weight excluding hydrogens is 222 g/mol. The molecule has 1 rings (SSSR count). The highest BCUT2D eigenvalue weighted by molar-refractivity contribution is 7.99. The van der Waals surface area contributed by atoms with Gasteiger partial charge in [-0.25, -0.2) is 0 Å². The van der Waals surface area contributed by atoms with Crippen LogP contribution in [0.1, 0.15) is 33.1 Å². The molecule has 5 heteroatoms. The molecule has 1 atom stereocenters. The maximum atomic E-state index is 8.64. The molecule has 1 heterocycles. The van der Waals surface area contributed by atoms with Crippen molar-refractivity contribution in [2.24, 2.45) is 16.3 Å². The summed E-state index contributed by atoms with van der Waals surface area (Å²) in [6.45, 7) is 5.04. The fraction of sp³-hybridized carbons (Fsp3) is 0.909. The number of hydrogen-bond acceptors (Lipinski definition) is 4. The van der Waals surface area contributed by atoms with Crippen LogP contribution < -0.4 is 11.1 Å². The lowest BCUT2D eigenvalue weighted by Crippen LogP contribution is -2.34. The molecule has 16 heavy (non-hydrogen) atoms. The third-order valence-corrected chi connectivity index (χ3v) is 4.30. The highest BCUT2D eigenvalue weighted by Crippen LogP contribution is 2.22. The molecule has 0 aromatic carbocycles. The molecule has 0 spiro atoms. The summed E-state index contributed by atoms with van der Waals surface area (Å²) in [5.41, 5.74) is 5.42. The molecule has 0 bridgehead atoms. The van der Waals surface area contributed by atoms with Crippen LogP contribution in [-0.4, -0.2) is 35.1 Å². The Balaban J connectivity index is 2.14. The maximum absolute atomic E-state index is 8.64. The van der Waals surface area contributed by atoms with Gasteiger partial charge in [0.2, 0.25) is 0 Å². The summed E-state index contributed by atoms with van der Waals surface area (Å²) in [5, 5.41) is 15.3. The number of oxime groups is 1. The lowest BCUT2D eigenvalue weighted by atomic mass is 9.86.